The van der Waals surface area contributed by atoms with Gasteiger partial charge in [0.15, 0.2) is 0 Å². The Kier molecular flexibility index (Phi) is 6.10. The highest BCUT2D eigenvalue weighted by Gasteiger charge is 2.26. The van der Waals surface area contributed by atoms with Gasteiger partial charge in [0, 0.05) is 38.0 Å². The number of benzene rings is 8. The Morgan fingerprint density at radius 2 is 0.875 bits per heavy atom. The molecule has 6 heteroatoms. The molecule has 0 N–H and O–H groups in total. The molecule has 12 aromatic rings. The summed E-state index contributed by atoms with van der Waals surface area (Å²) in [6, 6.07) is 61.0. The Bertz CT molecular complexity index is 3680. The highest BCUT2D eigenvalue weighted by Crippen LogP contribution is 2.46. The third-order valence-corrected chi connectivity index (χ3v) is 11.5. The Hall–Kier alpha value is -8.06. The normalized spacial score (nSPS) is 11.9. The van der Waals surface area contributed by atoms with Crippen LogP contribution in [0.15, 0.2) is 168 Å². The van der Waals surface area contributed by atoms with Gasteiger partial charge in [-0.05, 0) is 72.8 Å². The number of hydrogen-bond acceptors (Lipinski definition) is 3. The zero-order valence-corrected chi connectivity index (χ0v) is 29.7. The third kappa shape index (κ3) is 3.92. The Morgan fingerprint density at radius 3 is 1.43 bits per heavy atom. The summed E-state index contributed by atoms with van der Waals surface area (Å²) in [4.78, 5) is 0. The molecule has 0 saturated heterocycles. The van der Waals surface area contributed by atoms with Crippen molar-refractivity contribution < 1.29 is 4.42 Å². The summed E-state index contributed by atoms with van der Waals surface area (Å²) in [6.07, 6.45) is 0. The van der Waals surface area contributed by atoms with E-state index in [2.05, 4.69) is 141 Å². The van der Waals surface area contributed by atoms with Gasteiger partial charge in [-0.15, -0.1) is 0 Å². The van der Waals surface area contributed by atoms with Gasteiger partial charge in [0.2, 0.25) is 0 Å². The van der Waals surface area contributed by atoms with E-state index < -0.39 is 0 Å². The van der Waals surface area contributed by atoms with E-state index >= 15 is 0 Å². The Balaban J connectivity index is 1.23. The van der Waals surface area contributed by atoms with Crippen LogP contribution in [-0.4, -0.2) is 13.7 Å². The SMILES string of the molecule is N#Cc1cc(C#N)c(-n2c3ccccc3c3ccccc32)c(-n2c3ccccc3c3c4oc5c(ccc6c5c5ccccc5n6-c5ccccc5)c4ccc32)c1. The molecule has 4 heterocycles. The number of aromatic nitrogens is 3. The van der Waals surface area contributed by atoms with Crippen LogP contribution >= 0.6 is 0 Å². The van der Waals surface area contributed by atoms with Crippen LogP contribution in [0.25, 0.3) is 104 Å². The fraction of sp³-hybridized carbons (Fsp3) is 0. The predicted octanol–water partition coefficient (Wildman–Crippen LogP) is 12.6. The quantitative estimate of drug-likeness (QED) is 0.183. The van der Waals surface area contributed by atoms with Crippen molar-refractivity contribution in [2.45, 2.75) is 0 Å². The maximum atomic E-state index is 10.8. The smallest absolute Gasteiger partial charge is 0.145 e. The molecule has 0 unspecified atom stereocenters. The Labute approximate surface area is 319 Å². The van der Waals surface area contributed by atoms with Crippen LogP contribution in [0.5, 0.6) is 0 Å². The molecule has 56 heavy (non-hydrogen) atoms. The summed E-state index contributed by atoms with van der Waals surface area (Å²) in [7, 11) is 0. The molecule has 6 nitrogen and oxygen atoms in total. The van der Waals surface area contributed by atoms with Crippen molar-refractivity contribution >= 4 is 87.4 Å². The van der Waals surface area contributed by atoms with Crippen molar-refractivity contribution in [3.05, 3.63) is 175 Å². The van der Waals surface area contributed by atoms with Gasteiger partial charge in [-0.1, -0.05) is 91.0 Å². The maximum absolute atomic E-state index is 10.8. The zero-order chi connectivity index (χ0) is 37.1. The molecule has 12 rings (SSSR count). The van der Waals surface area contributed by atoms with Crippen LogP contribution < -0.4 is 0 Å². The van der Waals surface area contributed by atoms with E-state index in [0.717, 1.165) is 98.7 Å². The molecule has 0 aliphatic heterocycles. The topological polar surface area (TPSA) is 75.5 Å². The summed E-state index contributed by atoms with van der Waals surface area (Å²) in [5.41, 5.74) is 11.0. The fourth-order valence-corrected chi connectivity index (χ4v) is 9.25. The second kappa shape index (κ2) is 11.2. The zero-order valence-electron chi connectivity index (χ0n) is 29.7. The molecule has 0 bridgehead atoms. The molecular weight excluding hydrogens is 687 g/mol. The molecule has 0 radical (unpaired) electrons. The van der Waals surface area contributed by atoms with Crippen molar-refractivity contribution in [2.75, 3.05) is 0 Å². The third-order valence-electron chi connectivity index (χ3n) is 11.5. The molecule has 0 atom stereocenters. The lowest BCUT2D eigenvalue weighted by atomic mass is 10.1. The number of rotatable bonds is 3. The van der Waals surface area contributed by atoms with Gasteiger partial charge in [0.05, 0.1) is 72.4 Å². The van der Waals surface area contributed by atoms with Crippen LogP contribution in [-0.2, 0) is 0 Å². The molecule has 4 aromatic heterocycles. The van der Waals surface area contributed by atoms with E-state index in [1.807, 2.05) is 42.5 Å². The lowest BCUT2D eigenvalue weighted by Crippen LogP contribution is -2.07. The number of nitriles is 2. The molecule has 0 aliphatic rings. The average molecular weight is 714 g/mol. The van der Waals surface area contributed by atoms with Crippen LogP contribution in [0.3, 0.4) is 0 Å². The van der Waals surface area contributed by atoms with Crippen LogP contribution in [0.4, 0.5) is 0 Å². The second-order valence-electron chi connectivity index (χ2n) is 14.3. The van der Waals surface area contributed by atoms with E-state index in [0.29, 0.717) is 16.8 Å². The molecule has 0 fully saturated rings. The van der Waals surface area contributed by atoms with Crippen LogP contribution in [0, 0.1) is 22.7 Å². The average Bonchev–Trinajstić information content (AvgIpc) is 3.99. The van der Waals surface area contributed by atoms with Crippen molar-refractivity contribution in [1.29, 1.82) is 10.5 Å². The first-order valence-corrected chi connectivity index (χ1v) is 18.6. The summed E-state index contributed by atoms with van der Waals surface area (Å²) < 4.78 is 13.9. The second-order valence-corrected chi connectivity index (χ2v) is 14.3. The largest absolute Gasteiger partial charge is 0.455 e. The molecule has 0 amide bonds. The van der Waals surface area contributed by atoms with Crippen molar-refractivity contribution in [3.8, 4) is 29.2 Å². The summed E-state index contributed by atoms with van der Waals surface area (Å²) in [6.45, 7) is 0. The van der Waals surface area contributed by atoms with E-state index in [4.69, 9.17) is 4.42 Å². The first-order chi connectivity index (χ1) is 27.7. The van der Waals surface area contributed by atoms with Gasteiger partial charge in [-0.25, -0.2) is 0 Å². The lowest BCUT2D eigenvalue weighted by molar-refractivity contribution is 0.677. The Morgan fingerprint density at radius 1 is 0.393 bits per heavy atom. The van der Waals surface area contributed by atoms with Crippen LogP contribution in [0.2, 0.25) is 0 Å². The minimum absolute atomic E-state index is 0.411. The van der Waals surface area contributed by atoms with Crippen molar-refractivity contribution in [3.63, 3.8) is 0 Å². The predicted molar refractivity (Wildman–Crippen MR) is 226 cm³/mol. The van der Waals surface area contributed by atoms with Gasteiger partial charge in [-0.2, -0.15) is 10.5 Å². The molecule has 0 saturated carbocycles. The number of hydrogen-bond donors (Lipinski definition) is 0. The molecular formula is C50H27N5O. The van der Waals surface area contributed by atoms with Gasteiger partial charge >= 0.3 is 0 Å². The minimum Gasteiger partial charge on any atom is -0.455 e. The first-order valence-electron chi connectivity index (χ1n) is 18.6. The highest BCUT2D eigenvalue weighted by molar-refractivity contribution is 6.29. The van der Waals surface area contributed by atoms with Gasteiger partial charge < -0.3 is 18.1 Å². The summed E-state index contributed by atoms with van der Waals surface area (Å²) in [5.74, 6) is 0. The van der Waals surface area contributed by atoms with Crippen molar-refractivity contribution in [1.82, 2.24) is 13.7 Å². The maximum Gasteiger partial charge on any atom is 0.145 e. The van der Waals surface area contributed by atoms with E-state index in [9.17, 15) is 10.5 Å². The standard InChI is InChI=1S/C50H27N5O/c51-28-30-26-31(29-52)48(55-39-18-8-4-14-33(39)34-15-5-9-19-40(34)55)45(27-30)54-42-21-11-7-17-38(42)47-44(54)25-23-36-35-22-24-43-46(49(35)56-50(36)47)37-16-6-10-20-41(37)53(43)32-12-2-1-3-13-32/h1-27H. The van der Waals surface area contributed by atoms with E-state index in [1.165, 1.54) is 0 Å². The van der Waals surface area contributed by atoms with E-state index in [-0.39, 0.29) is 0 Å². The molecule has 258 valence electrons. The number of nitrogens with zero attached hydrogens (tertiary/aromatic N) is 5. The highest BCUT2D eigenvalue weighted by atomic mass is 16.3. The van der Waals surface area contributed by atoms with Gasteiger partial charge in [-0.3, -0.25) is 0 Å². The summed E-state index contributed by atoms with van der Waals surface area (Å²) >= 11 is 0. The molecule has 8 aromatic carbocycles. The fourth-order valence-electron chi connectivity index (χ4n) is 9.25. The van der Waals surface area contributed by atoms with Crippen molar-refractivity contribution in [2.24, 2.45) is 0 Å². The van der Waals surface area contributed by atoms with Gasteiger partial charge in [0.25, 0.3) is 0 Å². The number of furan rings is 1. The number of para-hydroxylation sites is 5. The number of fused-ring (bicyclic) bond motifs is 14. The lowest BCUT2D eigenvalue weighted by Gasteiger charge is -2.18. The van der Waals surface area contributed by atoms with Crippen LogP contribution in [0.1, 0.15) is 11.1 Å². The first kappa shape index (κ1) is 30.4. The van der Waals surface area contributed by atoms with Gasteiger partial charge in [0.1, 0.15) is 17.2 Å². The monoisotopic (exact) mass is 713 g/mol. The molecule has 0 aliphatic carbocycles. The van der Waals surface area contributed by atoms with E-state index in [1.54, 1.807) is 6.07 Å². The minimum atomic E-state index is 0.411. The summed E-state index contributed by atoms with van der Waals surface area (Å²) in [5, 5.41) is 29.6. The molecule has 0 spiro atoms.